The molecule has 0 aliphatic heterocycles. The lowest BCUT2D eigenvalue weighted by Crippen LogP contribution is -2.13. The third-order valence-electron chi connectivity index (χ3n) is 5.06. The van der Waals surface area contributed by atoms with Crippen molar-refractivity contribution in [3.63, 3.8) is 0 Å². The maximum Gasteiger partial charge on any atom is 0.416 e. The molecule has 3 aromatic rings. The standard InChI is InChI=1S/C20H20N2O4/c1-11-17(12(2)26-21-11)19-18(13-7-9-14(25-3)10-8-13)15-5-4-6-16(15)22(19)20(23)24/h7-10H,4-6H2,1-3H3,(H,23,24). The molecule has 0 fully saturated rings. The molecule has 0 radical (unpaired) electrons. The summed E-state index contributed by atoms with van der Waals surface area (Å²) >= 11 is 0. The summed E-state index contributed by atoms with van der Waals surface area (Å²) in [6.07, 6.45) is 1.61. The second-order valence-corrected chi connectivity index (χ2v) is 6.55. The van der Waals surface area contributed by atoms with Gasteiger partial charge in [-0.3, -0.25) is 0 Å². The van der Waals surface area contributed by atoms with Gasteiger partial charge in [-0.05, 0) is 56.4 Å². The molecule has 26 heavy (non-hydrogen) atoms. The maximum absolute atomic E-state index is 12.1. The highest BCUT2D eigenvalue weighted by Gasteiger charge is 2.32. The van der Waals surface area contributed by atoms with E-state index in [9.17, 15) is 9.90 Å². The van der Waals surface area contributed by atoms with E-state index in [1.807, 2.05) is 38.1 Å². The molecule has 0 atom stereocenters. The van der Waals surface area contributed by atoms with E-state index in [0.29, 0.717) is 17.1 Å². The molecule has 1 aromatic carbocycles. The first-order valence-corrected chi connectivity index (χ1v) is 8.60. The van der Waals surface area contributed by atoms with Crippen molar-refractivity contribution in [3.8, 4) is 28.1 Å². The lowest BCUT2D eigenvalue weighted by molar-refractivity contribution is 0.196. The van der Waals surface area contributed by atoms with Crippen LogP contribution in [0, 0.1) is 13.8 Å². The van der Waals surface area contributed by atoms with Gasteiger partial charge in [-0.25, -0.2) is 9.36 Å². The lowest BCUT2D eigenvalue weighted by atomic mass is 9.96. The molecule has 1 aliphatic rings. The summed E-state index contributed by atoms with van der Waals surface area (Å²) < 4.78 is 12.0. The summed E-state index contributed by atoms with van der Waals surface area (Å²) in [7, 11) is 1.63. The highest BCUT2D eigenvalue weighted by atomic mass is 16.5. The third-order valence-corrected chi connectivity index (χ3v) is 5.06. The van der Waals surface area contributed by atoms with Crippen molar-refractivity contribution < 1.29 is 19.2 Å². The molecule has 4 rings (SSSR count). The summed E-state index contributed by atoms with van der Waals surface area (Å²) in [5.41, 5.74) is 6.01. The molecule has 2 heterocycles. The lowest BCUT2D eigenvalue weighted by Gasteiger charge is -2.11. The predicted octanol–water partition coefficient (Wildman–Crippen LogP) is 4.45. The second-order valence-electron chi connectivity index (χ2n) is 6.55. The van der Waals surface area contributed by atoms with Crippen molar-refractivity contribution >= 4 is 6.09 Å². The fourth-order valence-electron chi connectivity index (χ4n) is 3.97. The van der Waals surface area contributed by atoms with Crippen LogP contribution < -0.4 is 4.74 Å². The van der Waals surface area contributed by atoms with Crippen LogP contribution in [0.4, 0.5) is 4.79 Å². The molecular weight excluding hydrogens is 332 g/mol. The van der Waals surface area contributed by atoms with E-state index >= 15 is 0 Å². The Balaban J connectivity index is 2.07. The average Bonchev–Trinajstić information content (AvgIpc) is 3.28. The number of nitrogens with zero attached hydrogens (tertiary/aromatic N) is 2. The zero-order valence-electron chi connectivity index (χ0n) is 15.0. The van der Waals surface area contributed by atoms with Crippen LogP contribution in [0.2, 0.25) is 0 Å². The normalized spacial score (nSPS) is 13.0. The Labute approximate surface area is 151 Å². The van der Waals surface area contributed by atoms with Crippen LogP contribution in [0.5, 0.6) is 5.75 Å². The zero-order chi connectivity index (χ0) is 18.4. The van der Waals surface area contributed by atoms with Crippen LogP contribution in [0.1, 0.15) is 29.1 Å². The minimum Gasteiger partial charge on any atom is -0.497 e. The van der Waals surface area contributed by atoms with Gasteiger partial charge in [-0.2, -0.15) is 0 Å². The summed E-state index contributed by atoms with van der Waals surface area (Å²) in [4.78, 5) is 12.1. The number of aromatic nitrogens is 2. The number of hydrogen-bond acceptors (Lipinski definition) is 4. The van der Waals surface area contributed by atoms with Gasteiger partial charge in [0.05, 0.1) is 24.1 Å². The number of rotatable bonds is 3. The van der Waals surface area contributed by atoms with Crippen LogP contribution in [0.15, 0.2) is 28.8 Å². The number of carbonyl (C=O) groups is 1. The Morgan fingerprint density at radius 1 is 1.19 bits per heavy atom. The topological polar surface area (TPSA) is 77.5 Å². The van der Waals surface area contributed by atoms with Crippen LogP contribution in [0.3, 0.4) is 0 Å². The molecule has 0 saturated carbocycles. The number of benzene rings is 1. The van der Waals surface area contributed by atoms with Crippen LogP contribution >= 0.6 is 0 Å². The van der Waals surface area contributed by atoms with Gasteiger partial charge in [0.1, 0.15) is 11.5 Å². The summed E-state index contributed by atoms with van der Waals surface area (Å²) in [6.45, 7) is 3.66. The van der Waals surface area contributed by atoms with Gasteiger partial charge in [0.15, 0.2) is 0 Å². The predicted molar refractivity (Wildman–Crippen MR) is 96.8 cm³/mol. The van der Waals surface area contributed by atoms with E-state index < -0.39 is 6.09 Å². The number of carboxylic acid groups (broad SMARTS) is 1. The first-order chi connectivity index (χ1) is 12.5. The zero-order valence-corrected chi connectivity index (χ0v) is 15.0. The summed E-state index contributed by atoms with van der Waals surface area (Å²) in [6, 6.07) is 7.74. The minimum atomic E-state index is -0.974. The molecule has 0 spiro atoms. The fourth-order valence-corrected chi connectivity index (χ4v) is 3.97. The molecule has 0 amide bonds. The van der Waals surface area contributed by atoms with Crippen molar-refractivity contribution in [2.45, 2.75) is 33.1 Å². The largest absolute Gasteiger partial charge is 0.497 e. The van der Waals surface area contributed by atoms with Gasteiger partial charge in [0.25, 0.3) is 0 Å². The van der Waals surface area contributed by atoms with Gasteiger partial charge in [0, 0.05) is 11.3 Å². The maximum atomic E-state index is 12.1. The van der Waals surface area contributed by atoms with Gasteiger partial charge in [-0.15, -0.1) is 0 Å². The van der Waals surface area contributed by atoms with Crippen LogP contribution in [-0.4, -0.2) is 28.0 Å². The first-order valence-electron chi connectivity index (χ1n) is 8.60. The van der Waals surface area contributed by atoms with Crippen LogP contribution in [-0.2, 0) is 12.8 Å². The van der Waals surface area contributed by atoms with Crippen molar-refractivity contribution in [2.75, 3.05) is 7.11 Å². The Kier molecular flexibility index (Phi) is 3.83. The Bertz CT molecular complexity index is 976. The van der Waals surface area contributed by atoms with Gasteiger partial charge >= 0.3 is 6.09 Å². The van der Waals surface area contributed by atoms with E-state index in [-0.39, 0.29) is 0 Å². The van der Waals surface area contributed by atoms with Crippen molar-refractivity contribution in [1.82, 2.24) is 9.72 Å². The van der Waals surface area contributed by atoms with Crippen molar-refractivity contribution in [2.24, 2.45) is 0 Å². The molecule has 134 valence electrons. The molecule has 1 aliphatic carbocycles. The van der Waals surface area contributed by atoms with Crippen molar-refractivity contribution in [3.05, 3.63) is 47.0 Å². The molecule has 0 bridgehead atoms. The van der Waals surface area contributed by atoms with E-state index in [1.165, 1.54) is 4.57 Å². The number of fused-ring (bicyclic) bond motifs is 1. The molecular formula is C20H20N2O4. The molecule has 0 unspecified atom stereocenters. The highest BCUT2D eigenvalue weighted by Crippen LogP contribution is 2.44. The summed E-state index contributed by atoms with van der Waals surface area (Å²) in [5, 5.41) is 14.0. The van der Waals surface area contributed by atoms with Gasteiger partial charge < -0.3 is 14.4 Å². The number of methoxy groups -OCH3 is 1. The first kappa shape index (κ1) is 16.4. The molecule has 0 saturated heterocycles. The molecule has 6 heteroatoms. The number of ether oxygens (including phenoxy) is 1. The van der Waals surface area contributed by atoms with Gasteiger partial charge in [0.2, 0.25) is 0 Å². The van der Waals surface area contributed by atoms with E-state index in [2.05, 4.69) is 5.16 Å². The van der Waals surface area contributed by atoms with Crippen molar-refractivity contribution in [1.29, 1.82) is 0 Å². The third kappa shape index (κ3) is 2.33. The Hall–Kier alpha value is -3.02. The van der Waals surface area contributed by atoms with Crippen LogP contribution in [0.25, 0.3) is 22.4 Å². The fraction of sp³-hybridized carbons (Fsp3) is 0.300. The number of aryl methyl sites for hydroxylation is 2. The average molecular weight is 352 g/mol. The van der Waals surface area contributed by atoms with E-state index in [0.717, 1.165) is 53.0 Å². The van der Waals surface area contributed by atoms with E-state index in [4.69, 9.17) is 9.26 Å². The smallest absolute Gasteiger partial charge is 0.416 e. The molecule has 6 nitrogen and oxygen atoms in total. The molecule has 1 N–H and O–H groups in total. The van der Waals surface area contributed by atoms with Gasteiger partial charge in [-0.1, -0.05) is 17.3 Å². The quantitative estimate of drug-likeness (QED) is 0.753. The second kappa shape index (κ2) is 6.05. The minimum absolute atomic E-state index is 0.621. The summed E-state index contributed by atoms with van der Waals surface area (Å²) in [5.74, 6) is 1.39. The van der Waals surface area contributed by atoms with E-state index in [1.54, 1.807) is 7.11 Å². The SMILES string of the molecule is COc1ccc(-c2c3c(n(C(=O)O)c2-c2c(C)noc2C)CCC3)cc1. The monoisotopic (exact) mass is 352 g/mol. The molecule has 2 aromatic heterocycles. The Morgan fingerprint density at radius 3 is 2.50 bits per heavy atom. The highest BCUT2D eigenvalue weighted by molar-refractivity contribution is 5.93. The Morgan fingerprint density at radius 2 is 1.92 bits per heavy atom. The number of hydrogen-bond donors (Lipinski definition) is 1.